The Labute approximate surface area is 126 Å². The molecule has 0 bridgehead atoms. The van der Waals surface area contributed by atoms with E-state index < -0.39 is 0 Å². The summed E-state index contributed by atoms with van der Waals surface area (Å²) in [5.74, 6) is 0.0577. The van der Waals surface area contributed by atoms with Gasteiger partial charge in [-0.15, -0.1) is 0 Å². The van der Waals surface area contributed by atoms with Gasteiger partial charge in [0.15, 0.2) is 0 Å². The number of carbonyl (C=O) groups excluding carboxylic acids is 1. The fourth-order valence-electron chi connectivity index (χ4n) is 3.08. The molecule has 0 radical (unpaired) electrons. The van der Waals surface area contributed by atoms with Crippen molar-refractivity contribution >= 4 is 11.6 Å². The molecule has 1 saturated heterocycles. The lowest BCUT2D eigenvalue weighted by molar-refractivity contribution is -0.124. The van der Waals surface area contributed by atoms with Crippen LogP contribution < -0.4 is 4.90 Å². The number of hydrogen-bond donors (Lipinski definition) is 0. The Balaban J connectivity index is 1.58. The molecular weight excluding hydrogens is 266 g/mol. The number of fused-ring (bicyclic) bond motifs is 1. The van der Waals surface area contributed by atoms with E-state index >= 15 is 0 Å². The van der Waals surface area contributed by atoms with Crippen molar-refractivity contribution in [2.45, 2.75) is 38.2 Å². The molecule has 1 fully saturated rings. The largest absolute Gasteiger partial charge is 0.376 e. The van der Waals surface area contributed by atoms with Crippen molar-refractivity contribution < 1.29 is 14.3 Å². The maximum absolute atomic E-state index is 12.4. The summed E-state index contributed by atoms with van der Waals surface area (Å²) in [5, 5.41) is 0. The molecule has 2 aliphatic heterocycles. The summed E-state index contributed by atoms with van der Waals surface area (Å²) in [7, 11) is 0. The van der Waals surface area contributed by atoms with Crippen molar-refractivity contribution in [2.24, 2.45) is 0 Å². The van der Waals surface area contributed by atoms with Gasteiger partial charge in [0.2, 0.25) is 0 Å². The molecule has 1 aromatic carbocycles. The Bertz CT molecular complexity index is 483. The summed E-state index contributed by atoms with van der Waals surface area (Å²) in [4.78, 5) is 14.3. The Kier molecular flexibility index (Phi) is 4.88. The summed E-state index contributed by atoms with van der Waals surface area (Å²) < 4.78 is 11.1. The number of amides is 1. The fraction of sp³-hybridized carbons (Fsp3) is 0.588. The van der Waals surface area contributed by atoms with Gasteiger partial charge in [-0.3, -0.25) is 4.79 Å². The van der Waals surface area contributed by atoms with Crippen molar-refractivity contribution in [3.63, 3.8) is 0 Å². The highest BCUT2D eigenvalue weighted by molar-refractivity contribution is 5.95. The molecule has 21 heavy (non-hydrogen) atoms. The number of benzene rings is 1. The maximum Gasteiger partial charge on any atom is 0.252 e. The van der Waals surface area contributed by atoms with Crippen LogP contribution in [0.1, 0.15) is 31.2 Å². The van der Waals surface area contributed by atoms with Crippen LogP contribution in [0.5, 0.6) is 0 Å². The standard InChI is InChI=1S/C17H23NO3/c19-17(13-20-12-15-8-5-11-21-15)18-10-4-3-7-14-6-1-2-9-16(14)18/h1-2,6,9,15H,3-5,7-8,10-13H2. The lowest BCUT2D eigenvalue weighted by Crippen LogP contribution is -2.35. The van der Waals surface area contributed by atoms with Crippen molar-refractivity contribution in [2.75, 3.05) is 31.3 Å². The zero-order valence-corrected chi connectivity index (χ0v) is 12.4. The molecule has 1 aromatic rings. The van der Waals surface area contributed by atoms with Crippen LogP contribution in [0.2, 0.25) is 0 Å². The van der Waals surface area contributed by atoms with E-state index in [1.54, 1.807) is 0 Å². The molecule has 1 unspecified atom stereocenters. The van der Waals surface area contributed by atoms with Gasteiger partial charge in [0, 0.05) is 18.8 Å². The predicted octanol–water partition coefficient (Wildman–Crippen LogP) is 2.55. The molecule has 0 aliphatic carbocycles. The van der Waals surface area contributed by atoms with E-state index in [2.05, 4.69) is 6.07 Å². The Hall–Kier alpha value is -1.39. The lowest BCUT2D eigenvalue weighted by Gasteiger charge is -2.23. The zero-order chi connectivity index (χ0) is 14.5. The van der Waals surface area contributed by atoms with Crippen molar-refractivity contribution in [1.29, 1.82) is 0 Å². The Morgan fingerprint density at radius 1 is 1.29 bits per heavy atom. The van der Waals surface area contributed by atoms with E-state index in [1.165, 1.54) is 5.56 Å². The van der Waals surface area contributed by atoms with Gasteiger partial charge in [-0.2, -0.15) is 0 Å². The topological polar surface area (TPSA) is 38.8 Å². The third-order valence-corrected chi connectivity index (χ3v) is 4.21. The summed E-state index contributed by atoms with van der Waals surface area (Å²) in [6.07, 6.45) is 5.55. The van der Waals surface area contributed by atoms with E-state index in [0.29, 0.717) is 6.61 Å². The highest BCUT2D eigenvalue weighted by Gasteiger charge is 2.22. The SMILES string of the molecule is O=C(COCC1CCCO1)N1CCCCc2ccccc21. The number of ether oxygens (including phenoxy) is 2. The summed E-state index contributed by atoms with van der Waals surface area (Å²) in [6, 6.07) is 8.20. The maximum atomic E-state index is 12.4. The number of nitrogens with zero attached hydrogens (tertiary/aromatic N) is 1. The highest BCUT2D eigenvalue weighted by Crippen LogP contribution is 2.26. The number of para-hydroxylation sites is 1. The molecule has 3 rings (SSSR count). The molecule has 4 nitrogen and oxygen atoms in total. The first kappa shape index (κ1) is 14.5. The van der Waals surface area contributed by atoms with Gasteiger partial charge in [-0.1, -0.05) is 18.2 Å². The van der Waals surface area contributed by atoms with Crippen LogP contribution in [0, 0.1) is 0 Å². The van der Waals surface area contributed by atoms with Crippen LogP contribution in [-0.4, -0.2) is 38.4 Å². The molecule has 114 valence electrons. The van der Waals surface area contributed by atoms with Crippen LogP contribution in [0.15, 0.2) is 24.3 Å². The number of anilines is 1. The van der Waals surface area contributed by atoms with Crippen LogP contribution in [-0.2, 0) is 20.7 Å². The van der Waals surface area contributed by atoms with E-state index in [4.69, 9.17) is 9.47 Å². The van der Waals surface area contributed by atoms with Crippen molar-refractivity contribution in [1.82, 2.24) is 0 Å². The second kappa shape index (κ2) is 7.05. The number of carbonyl (C=O) groups is 1. The second-order valence-corrected chi connectivity index (χ2v) is 5.78. The number of rotatable bonds is 4. The predicted molar refractivity (Wildman–Crippen MR) is 81.5 cm³/mol. The first-order chi connectivity index (χ1) is 10.3. The van der Waals surface area contributed by atoms with Gasteiger partial charge in [-0.05, 0) is 43.7 Å². The third-order valence-electron chi connectivity index (χ3n) is 4.21. The monoisotopic (exact) mass is 289 g/mol. The normalized spacial score (nSPS) is 21.9. The molecule has 2 heterocycles. The summed E-state index contributed by atoms with van der Waals surface area (Å²) in [5.41, 5.74) is 2.32. The molecule has 0 saturated carbocycles. The molecule has 2 aliphatic rings. The van der Waals surface area contributed by atoms with Crippen molar-refractivity contribution in [3.8, 4) is 0 Å². The van der Waals surface area contributed by atoms with E-state index in [-0.39, 0.29) is 18.6 Å². The van der Waals surface area contributed by atoms with Gasteiger partial charge in [0.1, 0.15) is 6.61 Å². The van der Waals surface area contributed by atoms with Crippen LogP contribution in [0.25, 0.3) is 0 Å². The van der Waals surface area contributed by atoms with Gasteiger partial charge in [-0.25, -0.2) is 0 Å². The quantitative estimate of drug-likeness (QED) is 0.855. The first-order valence-electron chi connectivity index (χ1n) is 7.92. The Morgan fingerprint density at radius 2 is 2.19 bits per heavy atom. The molecule has 0 N–H and O–H groups in total. The second-order valence-electron chi connectivity index (χ2n) is 5.78. The first-order valence-corrected chi connectivity index (χ1v) is 7.92. The minimum Gasteiger partial charge on any atom is -0.376 e. The zero-order valence-electron chi connectivity index (χ0n) is 12.4. The molecule has 0 spiro atoms. The summed E-state index contributed by atoms with van der Waals surface area (Å²) in [6.45, 7) is 2.29. The fourth-order valence-corrected chi connectivity index (χ4v) is 3.08. The molecule has 1 amide bonds. The average Bonchev–Trinajstić information content (AvgIpc) is 2.92. The molecular formula is C17H23NO3. The summed E-state index contributed by atoms with van der Waals surface area (Å²) >= 11 is 0. The smallest absolute Gasteiger partial charge is 0.252 e. The van der Waals surface area contributed by atoms with E-state index in [9.17, 15) is 4.79 Å². The minimum absolute atomic E-state index is 0.0577. The average molecular weight is 289 g/mol. The number of hydrogen-bond acceptors (Lipinski definition) is 3. The Morgan fingerprint density at radius 3 is 3.05 bits per heavy atom. The molecule has 4 heteroatoms. The van der Waals surface area contributed by atoms with Crippen LogP contribution in [0.4, 0.5) is 5.69 Å². The van der Waals surface area contributed by atoms with Gasteiger partial charge < -0.3 is 14.4 Å². The third kappa shape index (κ3) is 3.63. The molecule has 1 atom stereocenters. The minimum atomic E-state index is 0.0577. The molecule has 0 aromatic heterocycles. The van der Waals surface area contributed by atoms with E-state index in [0.717, 1.165) is 50.9 Å². The van der Waals surface area contributed by atoms with Crippen LogP contribution >= 0.6 is 0 Å². The van der Waals surface area contributed by atoms with Gasteiger partial charge >= 0.3 is 0 Å². The highest BCUT2D eigenvalue weighted by atomic mass is 16.5. The van der Waals surface area contributed by atoms with Crippen LogP contribution in [0.3, 0.4) is 0 Å². The van der Waals surface area contributed by atoms with E-state index in [1.807, 2.05) is 23.1 Å². The van der Waals surface area contributed by atoms with Crippen molar-refractivity contribution in [3.05, 3.63) is 29.8 Å². The van der Waals surface area contributed by atoms with Gasteiger partial charge in [0.25, 0.3) is 5.91 Å². The van der Waals surface area contributed by atoms with Gasteiger partial charge in [0.05, 0.1) is 12.7 Å². The number of aryl methyl sites for hydroxylation is 1. The lowest BCUT2D eigenvalue weighted by atomic mass is 10.1.